The molecular formula is C32H43NO7. The number of carbonyl (C=O) groups is 1. The lowest BCUT2D eigenvalue weighted by Gasteiger charge is -2.65. The van der Waals surface area contributed by atoms with Gasteiger partial charge in [0.1, 0.15) is 6.61 Å². The van der Waals surface area contributed by atoms with Gasteiger partial charge in [-0.2, -0.15) is 0 Å². The number of cyclic esters (lactones) is 1. The minimum Gasteiger partial charge on any atom is -0.493 e. The van der Waals surface area contributed by atoms with Gasteiger partial charge in [0, 0.05) is 35.1 Å². The van der Waals surface area contributed by atoms with E-state index in [-0.39, 0.29) is 29.1 Å². The van der Waals surface area contributed by atoms with E-state index in [2.05, 4.69) is 6.92 Å². The molecule has 0 spiro atoms. The van der Waals surface area contributed by atoms with Gasteiger partial charge in [0.2, 0.25) is 0 Å². The summed E-state index contributed by atoms with van der Waals surface area (Å²) in [5.74, 6) is 1.18. The molecule has 5 aliphatic rings. The Hall–Kier alpha value is -2.42. The molecule has 4 fully saturated rings. The van der Waals surface area contributed by atoms with E-state index in [1.54, 1.807) is 20.3 Å². The molecule has 6 rings (SSSR count). The molecule has 1 heterocycles. The van der Waals surface area contributed by atoms with Crippen LogP contribution in [0.4, 0.5) is 0 Å². The molecule has 4 aliphatic carbocycles. The highest BCUT2D eigenvalue weighted by Crippen LogP contribution is 2.70. The molecule has 3 N–H and O–H groups in total. The first-order valence-electron chi connectivity index (χ1n) is 14.8. The third kappa shape index (κ3) is 3.89. The smallest absolute Gasteiger partial charge is 0.331 e. The highest BCUT2D eigenvalue weighted by atomic mass is 16.5. The second-order valence-corrected chi connectivity index (χ2v) is 13.1. The molecule has 1 aromatic carbocycles. The molecule has 0 aromatic heterocycles. The number of rotatable bonds is 6. The number of benzene rings is 1. The van der Waals surface area contributed by atoms with Gasteiger partial charge in [-0.05, 0) is 80.8 Å². The minimum atomic E-state index is -1.08. The van der Waals surface area contributed by atoms with Crippen molar-refractivity contribution in [1.29, 1.82) is 0 Å². The average molecular weight is 554 g/mol. The maximum absolute atomic E-state index is 12.6. The third-order valence-corrected chi connectivity index (χ3v) is 11.7. The molecule has 0 saturated heterocycles. The Kier molecular flexibility index (Phi) is 6.83. The summed E-state index contributed by atoms with van der Waals surface area (Å²) in [5, 5.41) is 35.4. The molecule has 8 heteroatoms. The first kappa shape index (κ1) is 27.7. The maximum Gasteiger partial charge on any atom is 0.331 e. The van der Waals surface area contributed by atoms with Crippen molar-refractivity contribution in [1.82, 2.24) is 0 Å². The summed E-state index contributed by atoms with van der Waals surface area (Å²) in [7, 11) is 3.23. The highest BCUT2D eigenvalue weighted by molar-refractivity contribution is 5.85. The van der Waals surface area contributed by atoms with Crippen molar-refractivity contribution in [3.05, 3.63) is 35.4 Å². The van der Waals surface area contributed by atoms with Crippen molar-refractivity contribution >= 4 is 12.2 Å². The van der Waals surface area contributed by atoms with E-state index in [0.29, 0.717) is 63.2 Å². The topological polar surface area (TPSA) is 118 Å². The Morgan fingerprint density at radius 3 is 2.58 bits per heavy atom. The van der Waals surface area contributed by atoms with Crippen LogP contribution in [-0.4, -0.2) is 65.6 Å². The molecule has 0 bridgehead atoms. The number of nitrogens with zero attached hydrogens (tertiary/aromatic N) is 1. The number of hydrogen-bond donors (Lipinski definition) is 3. The van der Waals surface area contributed by atoms with Gasteiger partial charge in [-0.1, -0.05) is 19.1 Å². The second kappa shape index (κ2) is 9.85. The Bertz CT molecular complexity index is 1230. The fourth-order valence-corrected chi connectivity index (χ4v) is 9.75. The number of carbonyl (C=O) groups excluding carboxylic acids is 1. The molecule has 4 saturated carbocycles. The van der Waals surface area contributed by atoms with Gasteiger partial charge < -0.3 is 29.5 Å². The van der Waals surface area contributed by atoms with Gasteiger partial charge in [-0.25, -0.2) is 4.79 Å². The van der Waals surface area contributed by atoms with Gasteiger partial charge in [0.25, 0.3) is 0 Å². The van der Waals surface area contributed by atoms with Gasteiger partial charge in [-0.3, -0.25) is 4.99 Å². The Balaban J connectivity index is 1.35. The van der Waals surface area contributed by atoms with Crippen molar-refractivity contribution in [3.63, 3.8) is 0 Å². The van der Waals surface area contributed by atoms with Crippen LogP contribution in [0.15, 0.2) is 34.8 Å². The van der Waals surface area contributed by atoms with E-state index in [9.17, 15) is 20.1 Å². The lowest BCUT2D eigenvalue weighted by molar-refractivity contribution is -0.237. The number of para-hydroxylation sites is 1. The standard InChI is InChI=1S/C32H43NO7/c1-29-11-8-24-25(32(29,37)14-10-23(29)21-15-27(35)40-18-21)9-13-31(36)16-22(34)7-12-30(24,31)19-33-17-20-5-4-6-26(38-2)28(20)39-3/h4-6,15,19,22-25,34,36-37H,7-14,16-18H2,1-3H3/t22-,23+,24-,25+,29+,30-,31+,32-/m0/s1. The maximum atomic E-state index is 12.6. The number of methoxy groups -OCH3 is 2. The summed E-state index contributed by atoms with van der Waals surface area (Å²) in [6, 6.07) is 5.74. The van der Waals surface area contributed by atoms with Gasteiger partial charge in [0.05, 0.1) is 38.1 Å². The number of hydrogen-bond acceptors (Lipinski definition) is 8. The number of aliphatic imine (C=N–C) groups is 1. The molecule has 8 nitrogen and oxygen atoms in total. The highest BCUT2D eigenvalue weighted by Gasteiger charge is 2.71. The van der Waals surface area contributed by atoms with Crippen LogP contribution in [-0.2, 0) is 16.1 Å². The Labute approximate surface area is 236 Å². The SMILES string of the molecule is COc1cccc(CN=C[C@]23CC[C@H](O)C[C@]2(O)CC[C@@H]2[C@@H]3CC[C@]3(C)[C@@H](C4=CC(=O)OC4)CC[C@]23O)c1OC. The predicted molar refractivity (Wildman–Crippen MR) is 149 cm³/mol. The van der Waals surface area contributed by atoms with Gasteiger partial charge in [-0.15, -0.1) is 0 Å². The number of ether oxygens (including phenoxy) is 3. The normalized spacial score (nSPS) is 42.5. The molecule has 0 unspecified atom stereocenters. The largest absolute Gasteiger partial charge is 0.493 e. The predicted octanol–water partition coefficient (Wildman–Crippen LogP) is 3.99. The summed E-state index contributed by atoms with van der Waals surface area (Å²) in [4.78, 5) is 16.8. The third-order valence-electron chi connectivity index (χ3n) is 11.7. The van der Waals surface area contributed by atoms with E-state index >= 15 is 0 Å². The van der Waals surface area contributed by atoms with Crippen LogP contribution < -0.4 is 9.47 Å². The van der Waals surface area contributed by atoms with Crippen molar-refractivity contribution < 1.29 is 34.3 Å². The zero-order valence-electron chi connectivity index (χ0n) is 23.9. The van der Waals surface area contributed by atoms with Crippen LogP contribution in [0.5, 0.6) is 11.5 Å². The Morgan fingerprint density at radius 1 is 1.05 bits per heavy atom. The Morgan fingerprint density at radius 2 is 1.85 bits per heavy atom. The van der Waals surface area contributed by atoms with Crippen LogP contribution >= 0.6 is 0 Å². The minimum absolute atomic E-state index is 0.00296. The molecular weight excluding hydrogens is 510 g/mol. The summed E-state index contributed by atoms with van der Waals surface area (Å²) in [5.41, 5.74) is -1.06. The lowest BCUT2D eigenvalue weighted by Crippen LogP contribution is -2.68. The molecule has 0 radical (unpaired) electrons. The monoisotopic (exact) mass is 553 g/mol. The molecule has 8 atom stereocenters. The van der Waals surface area contributed by atoms with Crippen LogP contribution in [0.1, 0.15) is 70.3 Å². The summed E-state index contributed by atoms with van der Waals surface area (Å²) in [6.45, 7) is 2.90. The molecule has 218 valence electrons. The zero-order valence-corrected chi connectivity index (χ0v) is 23.9. The fourth-order valence-electron chi connectivity index (χ4n) is 9.75. The molecule has 1 aromatic rings. The first-order valence-corrected chi connectivity index (χ1v) is 14.8. The van der Waals surface area contributed by atoms with E-state index in [4.69, 9.17) is 19.2 Å². The van der Waals surface area contributed by atoms with Crippen molar-refractivity contribution in [2.24, 2.45) is 33.6 Å². The zero-order chi connectivity index (χ0) is 28.3. The number of aliphatic hydroxyl groups excluding tert-OH is 1. The van der Waals surface area contributed by atoms with Gasteiger partial charge >= 0.3 is 5.97 Å². The van der Waals surface area contributed by atoms with Crippen LogP contribution in [0.3, 0.4) is 0 Å². The van der Waals surface area contributed by atoms with E-state index in [0.717, 1.165) is 30.4 Å². The van der Waals surface area contributed by atoms with E-state index in [1.165, 1.54) is 0 Å². The molecule has 1 aliphatic heterocycles. The number of esters is 1. The molecule has 40 heavy (non-hydrogen) atoms. The molecule has 0 amide bonds. The van der Waals surface area contributed by atoms with Crippen molar-refractivity contribution in [3.8, 4) is 11.5 Å². The quantitative estimate of drug-likeness (QED) is 0.360. The average Bonchev–Trinajstić information content (AvgIpc) is 3.48. The van der Waals surface area contributed by atoms with Gasteiger partial charge in [0.15, 0.2) is 11.5 Å². The van der Waals surface area contributed by atoms with Crippen molar-refractivity contribution in [2.75, 3.05) is 20.8 Å². The van der Waals surface area contributed by atoms with E-state index < -0.39 is 22.7 Å². The summed E-state index contributed by atoms with van der Waals surface area (Å²) >= 11 is 0. The van der Waals surface area contributed by atoms with Crippen LogP contribution in [0.2, 0.25) is 0 Å². The summed E-state index contributed by atoms with van der Waals surface area (Å²) < 4.78 is 16.3. The van der Waals surface area contributed by atoms with Crippen molar-refractivity contribution in [2.45, 2.75) is 88.6 Å². The first-order chi connectivity index (χ1) is 19.1. The number of aliphatic hydroxyl groups is 3. The van der Waals surface area contributed by atoms with Crippen LogP contribution in [0, 0.1) is 28.6 Å². The van der Waals surface area contributed by atoms with Crippen LogP contribution in [0.25, 0.3) is 0 Å². The summed E-state index contributed by atoms with van der Waals surface area (Å²) in [6.07, 6.45) is 9.04. The van der Waals surface area contributed by atoms with E-state index in [1.807, 2.05) is 24.4 Å². The lowest BCUT2D eigenvalue weighted by atomic mass is 9.41. The second-order valence-electron chi connectivity index (χ2n) is 13.1. The number of fused-ring (bicyclic) bond motifs is 5. The fraction of sp³-hybridized carbons (Fsp3) is 0.688.